The largest absolute Gasteiger partial charge is 0.382 e. The third-order valence-corrected chi connectivity index (χ3v) is 3.19. The fourth-order valence-electron chi connectivity index (χ4n) is 1.96. The molecule has 0 aliphatic rings. The highest BCUT2D eigenvalue weighted by Gasteiger charge is 2.30. The van der Waals surface area contributed by atoms with Gasteiger partial charge in [-0.25, -0.2) is 0 Å². The highest BCUT2D eigenvalue weighted by atomic mass is 16.5. The van der Waals surface area contributed by atoms with Gasteiger partial charge < -0.3 is 18.9 Å². The van der Waals surface area contributed by atoms with Gasteiger partial charge in [0.1, 0.15) is 0 Å². The maximum Gasteiger partial charge on any atom is 0.0546 e. The molecule has 0 aliphatic carbocycles. The predicted octanol–water partition coefficient (Wildman–Crippen LogP) is 2.90. The summed E-state index contributed by atoms with van der Waals surface area (Å²) in [4.78, 5) is 0. The highest BCUT2D eigenvalue weighted by molar-refractivity contribution is 4.79. The van der Waals surface area contributed by atoms with Gasteiger partial charge in [0.25, 0.3) is 0 Å². The van der Waals surface area contributed by atoms with Crippen LogP contribution in [0.3, 0.4) is 0 Å². The van der Waals surface area contributed by atoms with Gasteiger partial charge in [-0.3, -0.25) is 0 Å². The van der Waals surface area contributed by atoms with Crippen LogP contribution in [-0.2, 0) is 18.9 Å². The third kappa shape index (κ3) is 9.38. The van der Waals surface area contributed by atoms with Gasteiger partial charge >= 0.3 is 0 Å². The molecule has 0 rings (SSSR count). The van der Waals surface area contributed by atoms with Gasteiger partial charge in [-0.1, -0.05) is 0 Å². The molecule has 0 saturated heterocycles. The van der Waals surface area contributed by atoms with E-state index in [1.165, 1.54) is 0 Å². The minimum absolute atomic E-state index is 0.0103. The summed E-state index contributed by atoms with van der Waals surface area (Å²) in [6.07, 6.45) is 1.90. The second-order valence-electron chi connectivity index (χ2n) is 4.67. The Bertz CT molecular complexity index is 165. The lowest BCUT2D eigenvalue weighted by Gasteiger charge is -2.33. The van der Waals surface area contributed by atoms with Crippen LogP contribution in [0, 0.1) is 5.41 Å². The second kappa shape index (κ2) is 12.9. The van der Waals surface area contributed by atoms with Crippen LogP contribution in [0.15, 0.2) is 0 Å². The first-order valence-corrected chi connectivity index (χ1v) is 7.55. The lowest BCUT2D eigenvalue weighted by molar-refractivity contribution is -0.0514. The van der Waals surface area contributed by atoms with Crippen LogP contribution in [0.2, 0.25) is 0 Å². The summed E-state index contributed by atoms with van der Waals surface area (Å²) in [5.41, 5.74) is 0.0103. The van der Waals surface area contributed by atoms with Crippen molar-refractivity contribution < 1.29 is 18.9 Å². The maximum atomic E-state index is 5.67. The summed E-state index contributed by atoms with van der Waals surface area (Å²) in [6.45, 7) is 14.0. The Morgan fingerprint density at radius 3 is 1.26 bits per heavy atom. The molecule has 0 aromatic carbocycles. The van der Waals surface area contributed by atoms with E-state index in [1.807, 2.05) is 27.7 Å². The van der Waals surface area contributed by atoms with Crippen molar-refractivity contribution in [1.29, 1.82) is 0 Å². The minimum Gasteiger partial charge on any atom is -0.382 e. The van der Waals surface area contributed by atoms with Gasteiger partial charge in [-0.05, 0) is 40.5 Å². The molecule has 0 radical (unpaired) electrons. The van der Waals surface area contributed by atoms with E-state index in [9.17, 15) is 0 Å². The maximum absolute atomic E-state index is 5.67. The summed E-state index contributed by atoms with van der Waals surface area (Å²) in [7, 11) is 0. The van der Waals surface area contributed by atoms with Crippen molar-refractivity contribution in [2.45, 2.75) is 40.5 Å². The summed E-state index contributed by atoms with van der Waals surface area (Å²) in [6, 6.07) is 0. The van der Waals surface area contributed by atoms with Crippen LogP contribution in [0.25, 0.3) is 0 Å². The van der Waals surface area contributed by atoms with Crippen LogP contribution < -0.4 is 0 Å². The summed E-state index contributed by atoms with van der Waals surface area (Å²) >= 11 is 0. The summed E-state index contributed by atoms with van der Waals surface area (Å²) in [5.74, 6) is 0. The monoisotopic (exact) mass is 276 g/mol. The van der Waals surface area contributed by atoms with E-state index >= 15 is 0 Å². The molecule has 19 heavy (non-hydrogen) atoms. The molecule has 0 saturated carbocycles. The van der Waals surface area contributed by atoms with Crippen molar-refractivity contribution in [3.63, 3.8) is 0 Å². The zero-order valence-electron chi connectivity index (χ0n) is 13.2. The SMILES string of the molecule is CCOCCC(CCOCC)(COCC)COCC. The zero-order chi connectivity index (χ0) is 14.4. The fourth-order valence-corrected chi connectivity index (χ4v) is 1.96. The van der Waals surface area contributed by atoms with Crippen molar-refractivity contribution in [3.05, 3.63) is 0 Å². The molecule has 0 aromatic heterocycles. The normalized spacial score (nSPS) is 12.0. The van der Waals surface area contributed by atoms with Crippen LogP contribution in [0.1, 0.15) is 40.5 Å². The molecular formula is C15H32O4. The topological polar surface area (TPSA) is 36.9 Å². The first-order valence-electron chi connectivity index (χ1n) is 7.55. The highest BCUT2D eigenvalue weighted by Crippen LogP contribution is 2.28. The van der Waals surface area contributed by atoms with E-state index in [0.717, 1.165) is 52.5 Å². The second-order valence-corrected chi connectivity index (χ2v) is 4.67. The van der Waals surface area contributed by atoms with Crippen LogP contribution in [0.4, 0.5) is 0 Å². The average Bonchev–Trinajstić information content (AvgIpc) is 2.43. The van der Waals surface area contributed by atoms with E-state index in [4.69, 9.17) is 18.9 Å². The van der Waals surface area contributed by atoms with Gasteiger partial charge in [0.15, 0.2) is 0 Å². The van der Waals surface area contributed by atoms with Crippen molar-refractivity contribution in [1.82, 2.24) is 0 Å². The molecular weight excluding hydrogens is 244 g/mol. The summed E-state index contributed by atoms with van der Waals surface area (Å²) < 4.78 is 22.3. The molecule has 0 aliphatic heterocycles. The number of hydrogen-bond acceptors (Lipinski definition) is 4. The number of rotatable bonds is 14. The van der Waals surface area contributed by atoms with Crippen LogP contribution in [0.5, 0.6) is 0 Å². The number of ether oxygens (including phenoxy) is 4. The molecule has 0 bridgehead atoms. The lowest BCUT2D eigenvalue weighted by Crippen LogP contribution is -2.35. The Morgan fingerprint density at radius 2 is 0.947 bits per heavy atom. The minimum atomic E-state index is 0.0103. The Hall–Kier alpha value is -0.160. The lowest BCUT2D eigenvalue weighted by atomic mass is 9.83. The first-order chi connectivity index (χ1) is 9.24. The van der Waals surface area contributed by atoms with E-state index in [2.05, 4.69) is 0 Å². The molecule has 0 aromatic rings. The molecule has 4 nitrogen and oxygen atoms in total. The standard InChI is InChI=1S/C15H32O4/c1-5-16-11-9-15(13-18-7-3,14-19-8-4)10-12-17-6-2/h5-14H2,1-4H3. The van der Waals surface area contributed by atoms with Crippen molar-refractivity contribution in [3.8, 4) is 0 Å². The Balaban J connectivity index is 4.44. The molecule has 4 heteroatoms. The fraction of sp³-hybridized carbons (Fsp3) is 1.00. The quantitative estimate of drug-likeness (QED) is 0.457. The molecule has 0 spiro atoms. The molecule has 0 unspecified atom stereocenters. The van der Waals surface area contributed by atoms with Gasteiger partial charge in [-0.15, -0.1) is 0 Å². The van der Waals surface area contributed by atoms with Gasteiger partial charge in [0.2, 0.25) is 0 Å². The molecule has 116 valence electrons. The van der Waals surface area contributed by atoms with Gasteiger partial charge in [0, 0.05) is 45.1 Å². The van der Waals surface area contributed by atoms with E-state index < -0.39 is 0 Å². The van der Waals surface area contributed by atoms with Gasteiger partial charge in [0.05, 0.1) is 13.2 Å². The van der Waals surface area contributed by atoms with Gasteiger partial charge in [-0.2, -0.15) is 0 Å². The molecule has 0 atom stereocenters. The smallest absolute Gasteiger partial charge is 0.0546 e. The predicted molar refractivity (Wildman–Crippen MR) is 77.6 cm³/mol. The number of hydrogen-bond donors (Lipinski definition) is 0. The van der Waals surface area contributed by atoms with Crippen LogP contribution in [-0.4, -0.2) is 52.9 Å². The molecule has 0 N–H and O–H groups in total. The van der Waals surface area contributed by atoms with Crippen molar-refractivity contribution >= 4 is 0 Å². The Kier molecular flexibility index (Phi) is 12.7. The summed E-state index contributed by atoms with van der Waals surface area (Å²) in [5, 5.41) is 0. The zero-order valence-corrected chi connectivity index (χ0v) is 13.2. The third-order valence-electron chi connectivity index (χ3n) is 3.19. The molecule has 0 heterocycles. The molecule has 0 amide bonds. The molecule has 0 fully saturated rings. The first kappa shape index (κ1) is 18.8. The van der Waals surface area contributed by atoms with Crippen molar-refractivity contribution in [2.75, 3.05) is 52.9 Å². The average molecular weight is 276 g/mol. The Morgan fingerprint density at radius 1 is 0.579 bits per heavy atom. The van der Waals surface area contributed by atoms with Crippen LogP contribution >= 0.6 is 0 Å². The van der Waals surface area contributed by atoms with Crippen molar-refractivity contribution in [2.24, 2.45) is 5.41 Å². The Labute approximate surface area is 118 Å². The van der Waals surface area contributed by atoms with E-state index in [-0.39, 0.29) is 5.41 Å². The van der Waals surface area contributed by atoms with E-state index in [1.54, 1.807) is 0 Å². The van der Waals surface area contributed by atoms with E-state index in [0.29, 0.717) is 13.2 Å².